The summed E-state index contributed by atoms with van der Waals surface area (Å²) in [5, 5.41) is 11.3. The van der Waals surface area contributed by atoms with Crippen LogP contribution in [0.25, 0.3) is 0 Å². The number of benzene rings is 1. The predicted molar refractivity (Wildman–Crippen MR) is 66.8 cm³/mol. The third-order valence-electron chi connectivity index (χ3n) is 3.29. The summed E-state index contributed by atoms with van der Waals surface area (Å²) in [6, 6.07) is 3.31. The van der Waals surface area contributed by atoms with Crippen LogP contribution in [-0.4, -0.2) is 17.1 Å². The van der Waals surface area contributed by atoms with Crippen LogP contribution in [0.1, 0.15) is 36.8 Å². The first kappa shape index (κ1) is 14.5. The van der Waals surface area contributed by atoms with E-state index in [-0.39, 0.29) is 11.7 Å². The molecule has 1 saturated carbocycles. The highest BCUT2D eigenvalue weighted by Crippen LogP contribution is 2.34. The molecule has 0 saturated heterocycles. The molecule has 1 aromatic carbocycles. The van der Waals surface area contributed by atoms with Gasteiger partial charge in [-0.3, -0.25) is 0 Å². The first-order valence-electron chi connectivity index (χ1n) is 6.27. The lowest BCUT2D eigenvalue weighted by Gasteiger charge is -2.16. The lowest BCUT2D eigenvalue weighted by atomic mass is 10.1. The summed E-state index contributed by atoms with van der Waals surface area (Å²) in [5.41, 5.74) is 3.98. The molecule has 7 heteroatoms. The molecule has 1 aliphatic rings. The number of hydrogen-bond donors (Lipinski definition) is 2. The van der Waals surface area contributed by atoms with E-state index in [0.717, 1.165) is 37.8 Å². The van der Waals surface area contributed by atoms with E-state index in [4.69, 9.17) is 15.7 Å². The molecular formula is C13H15F3N2O2. The van der Waals surface area contributed by atoms with Crippen LogP contribution in [0.3, 0.4) is 0 Å². The molecule has 0 unspecified atom stereocenters. The molecular weight excluding hydrogens is 273 g/mol. The molecule has 1 aromatic rings. The maximum atomic E-state index is 12.8. The van der Waals surface area contributed by atoms with Gasteiger partial charge in [0.2, 0.25) is 0 Å². The molecule has 0 atom stereocenters. The largest absolute Gasteiger partial charge is 0.490 e. The van der Waals surface area contributed by atoms with Gasteiger partial charge in [0.15, 0.2) is 5.84 Å². The van der Waals surface area contributed by atoms with Gasteiger partial charge in [0.1, 0.15) is 5.75 Å². The minimum atomic E-state index is -4.57. The van der Waals surface area contributed by atoms with E-state index in [0.29, 0.717) is 5.75 Å². The number of nitrogens with two attached hydrogens (primary N) is 1. The van der Waals surface area contributed by atoms with Crippen LogP contribution in [-0.2, 0) is 6.18 Å². The molecule has 20 heavy (non-hydrogen) atoms. The summed E-state index contributed by atoms with van der Waals surface area (Å²) in [6.07, 6.45) is -0.667. The Bertz CT molecular complexity index is 509. The van der Waals surface area contributed by atoms with E-state index >= 15 is 0 Å². The van der Waals surface area contributed by atoms with E-state index in [1.54, 1.807) is 0 Å². The highest BCUT2D eigenvalue weighted by molar-refractivity contribution is 5.99. The zero-order chi connectivity index (χ0) is 14.8. The number of halogens is 3. The summed E-state index contributed by atoms with van der Waals surface area (Å²) in [7, 11) is 0. The number of amidine groups is 1. The Balaban J connectivity index is 2.33. The Morgan fingerprint density at radius 1 is 1.30 bits per heavy atom. The number of hydrogen-bond acceptors (Lipinski definition) is 3. The maximum Gasteiger partial charge on any atom is 0.417 e. The minimum Gasteiger partial charge on any atom is -0.490 e. The molecule has 4 nitrogen and oxygen atoms in total. The minimum absolute atomic E-state index is 0.0203. The number of nitrogens with zero attached hydrogens (tertiary/aromatic N) is 1. The summed E-state index contributed by atoms with van der Waals surface area (Å²) in [5.74, 6) is -0.291. The van der Waals surface area contributed by atoms with Gasteiger partial charge in [0.05, 0.1) is 11.7 Å². The van der Waals surface area contributed by atoms with Gasteiger partial charge in [-0.1, -0.05) is 5.16 Å². The van der Waals surface area contributed by atoms with E-state index < -0.39 is 17.6 Å². The molecule has 0 bridgehead atoms. The molecule has 0 spiro atoms. The number of oxime groups is 1. The van der Waals surface area contributed by atoms with Crippen molar-refractivity contribution in [3.63, 3.8) is 0 Å². The summed E-state index contributed by atoms with van der Waals surface area (Å²) in [4.78, 5) is 0. The smallest absolute Gasteiger partial charge is 0.417 e. The second-order valence-electron chi connectivity index (χ2n) is 4.71. The van der Waals surface area contributed by atoms with E-state index in [1.165, 1.54) is 6.07 Å². The molecule has 2 rings (SSSR count). The van der Waals surface area contributed by atoms with Gasteiger partial charge in [-0.15, -0.1) is 0 Å². The fourth-order valence-corrected chi connectivity index (χ4v) is 2.31. The fraction of sp³-hybridized carbons (Fsp3) is 0.462. The molecule has 3 N–H and O–H groups in total. The Labute approximate surface area is 114 Å². The Kier molecular flexibility index (Phi) is 4.06. The van der Waals surface area contributed by atoms with Crippen molar-refractivity contribution in [3.8, 4) is 5.75 Å². The van der Waals surface area contributed by atoms with Crippen molar-refractivity contribution in [1.29, 1.82) is 0 Å². The van der Waals surface area contributed by atoms with Crippen LogP contribution in [0.5, 0.6) is 5.75 Å². The second-order valence-corrected chi connectivity index (χ2v) is 4.71. The molecule has 110 valence electrons. The Hall–Kier alpha value is -1.92. The van der Waals surface area contributed by atoms with E-state index in [9.17, 15) is 13.2 Å². The maximum absolute atomic E-state index is 12.8. The average molecular weight is 288 g/mol. The van der Waals surface area contributed by atoms with Crippen molar-refractivity contribution >= 4 is 5.84 Å². The van der Waals surface area contributed by atoms with Crippen LogP contribution >= 0.6 is 0 Å². The van der Waals surface area contributed by atoms with Gasteiger partial charge in [-0.25, -0.2) is 0 Å². The highest BCUT2D eigenvalue weighted by Gasteiger charge is 2.34. The summed E-state index contributed by atoms with van der Waals surface area (Å²) < 4.78 is 44.2. The third-order valence-corrected chi connectivity index (χ3v) is 3.29. The van der Waals surface area contributed by atoms with Crippen LogP contribution in [0.2, 0.25) is 0 Å². The number of alkyl halides is 3. The summed E-state index contributed by atoms with van der Waals surface area (Å²) in [6.45, 7) is 0. The third kappa shape index (κ3) is 3.15. The second kappa shape index (κ2) is 5.60. The number of rotatable bonds is 3. The Morgan fingerprint density at radius 3 is 2.50 bits per heavy atom. The number of ether oxygens (including phenoxy) is 1. The molecule has 1 aliphatic carbocycles. The van der Waals surface area contributed by atoms with Crippen molar-refractivity contribution in [2.24, 2.45) is 10.9 Å². The van der Waals surface area contributed by atoms with Crippen molar-refractivity contribution in [1.82, 2.24) is 0 Å². The zero-order valence-electron chi connectivity index (χ0n) is 10.7. The first-order chi connectivity index (χ1) is 9.41. The lowest BCUT2D eigenvalue weighted by Crippen LogP contribution is -2.20. The lowest BCUT2D eigenvalue weighted by molar-refractivity contribution is -0.137. The Morgan fingerprint density at radius 2 is 1.95 bits per heavy atom. The van der Waals surface area contributed by atoms with Crippen LogP contribution in [0, 0.1) is 0 Å². The normalized spacial score (nSPS) is 17.4. The summed E-state index contributed by atoms with van der Waals surface area (Å²) >= 11 is 0. The molecule has 0 heterocycles. The average Bonchev–Trinajstić information content (AvgIpc) is 2.89. The van der Waals surface area contributed by atoms with Gasteiger partial charge in [-0.05, 0) is 43.9 Å². The zero-order valence-corrected chi connectivity index (χ0v) is 10.7. The first-order valence-corrected chi connectivity index (χ1v) is 6.27. The van der Waals surface area contributed by atoms with Gasteiger partial charge in [-0.2, -0.15) is 13.2 Å². The van der Waals surface area contributed by atoms with Crippen molar-refractivity contribution < 1.29 is 23.1 Å². The molecule has 0 amide bonds. The predicted octanol–water partition coefficient (Wildman–Crippen LogP) is 3.12. The van der Waals surface area contributed by atoms with Gasteiger partial charge < -0.3 is 15.7 Å². The van der Waals surface area contributed by atoms with Crippen LogP contribution < -0.4 is 10.5 Å². The highest BCUT2D eigenvalue weighted by atomic mass is 19.4. The molecule has 0 aromatic heterocycles. The topological polar surface area (TPSA) is 67.8 Å². The van der Waals surface area contributed by atoms with Crippen LogP contribution in [0.15, 0.2) is 23.4 Å². The fourth-order valence-electron chi connectivity index (χ4n) is 2.31. The van der Waals surface area contributed by atoms with Gasteiger partial charge in [0, 0.05) is 5.56 Å². The van der Waals surface area contributed by atoms with E-state index in [2.05, 4.69) is 5.16 Å². The molecule has 1 fully saturated rings. The van der Waals surface area contributed by atoms with Gasteiger partial charge in [0.25, 0.3) is 0 Å². The van der Waals surface area contributed by atoms with Crippen molar-refractivity contribution in [2.45, 2.75) is 38.0 Å². The quantitative estimate of drug-likeness (QED) is 0.388. The van der Waals surface area contributed by atoms with Gasteiger partial charge >= 0.3 is 6.18 Å². The van der Waals surface area contributed by atoms with Crippen LogP contribution in [0.4, 0.5) is 13.2 Å². The van der Waals surface area contributed by atoms with Crippen molar-refractivity contribution in [3.05, 3.63) is 29.3 Å². The van der Waals surface area contributed by atoms with E-state index in [1.807, 2.05) is 0 Å². The standard InChI is InChI=1S/C13H15F3N2O2/c14-13(15,16)11-6-5-9(7-10(11)12(17)18-19)20-8-3-1-2-4-8/h5-8,19H,1-4H2,(H2,17,18). The molecule has 0 radical (unpaired) electrons. The molecule has 0 aliphatic heterocycles. The van der Waals surface area contributed by atoms with Crippen molar-refractivity contribution in [2.75, 3.05) is 0 Å². The monoisotopic (exact) mass is 288 g/mol. The SMILES string of the molecule is N/C(=N/O)c1cc(OC2CCCC2)ccc1C(F)(F)F.